The number of carbonyl (C=O) groups excluding carboxylic acids is 1. The van der Waals surface area contributed by atoms with Gasteiger partial charge < -0.3 is 4.90 Å². The van der Waals surface area contributed by atoms with E-state index in [0.29, 0.717) is 19.0 Å². The van der Waals surface area contributed by atoms with Crippen LogP contribution >= 0.6 is 11.3 Å². The van der Waals surface area contributed by atoms with E-state index in [0.717, 1.165) is 53.7 Å². The number of nitrogens with zero attached hydrogens (tertiary/aromatic N) is 2. The number of hydrogen-bond acceptors (Lipinski definition) is 4. The van der Waals surface area contributed by atoms with Crippen LogP contribution in [0.25, 0.3) is 0 Å². The molecular formula is C20H21FN2O2S. The Morgan fingerprint density at radius 3 is 2.69 bits per heavy atom. The van der Waals surface area contributed by atoms with Crippen molar-refractivity contribution in [3.63, 3.8) is 0 Å². The van der Waals surface area contributed by atoms with Crippen LogP contribution < -0.4 is 0 Å². The van der Waals surface area contributed by atoms with E-state index in [-0.39, 0.29) is 17.8 Å². The quantitative estimate of drug-likeness (QED) is 0.679. The number of halogens is 1. The number of carbonyl (C=O) groups is 1. The maximum Gasteiger partial charge on any atom is 0.255 e. The Hall–Kier alpha value is -2.08. The second-order valence-electron chi connectivity index (χ2n) is 7.11. The highest BCUT2D eigenvalue weighted by atomic mass is 32.1. The fraction of sp³-hybridized carbons (Fsp3) is 0.450. The van der Waals surface area contributed by atoms with Gasteiger partial charge in [0.1, 0.15) is 11.9 Å². The predicted octanol–water partition coefficient (Wildman–Crippen LogP) is 4.88. The van der Waals surface area contributed by atoms with E-state index in [2.05, 4.69) is 5.18 Å². The fourth-order valence-corrected chi connectivity index (χ4v) is 4.87. The zero-order valence-corrected chi connectivity index (χ0v) is 15.3. The monoisotopic (exact) mass is 372 g/mol. The maximum atomic E-state index is 13.2. The molecule has 1 fully saturated rings. The van der Waals surface area contributed by atoms with Crippen molar-refractivity contribution in [3.05, 3.63) is 61.9 Å². The minimum Gasteiger partial charge on any atom is -0.335 e. The molecule has 0 N–H and O–H groups in total. The first-order valence-corrected chi connectivity index (χ1v) is 10.0. The highest BCUT2D eigenvalue weighted by Gasteiger charge is 2.35. The number of thiophene rings is 1. The van der Waals surface area contributed by atoms with Crippen LogP contribution in [0.3, 0.4) is 0 Å². The van der Waals surface area contributed by atoms with Crippen LogP contribution in [-0.4, -0.2) is 23.4 Å². The van der Waals surface area contributed by atoms with Crippen molar-refractivity contribution in [2.45, 2.75) is 50.6 Å². The maximum absolute atomic E-state index is 13.2. The van der Waals surface area contributed by atoms with Crippen LogP contribution in [0.2, 0.25) is 0 Å². The smallest absolute Gasteiger partial charge is 0.255 e. The van der Waals surface area contributed by atoms with Gasteiger partial charge in [0.15, 0.2) is 0 Å². The lowest BCUT2D eigenvalue weighted by Crippen LogP contribution is -2.35. The van der Waals surface area contributed by atoms with Crippen molar-refractivity contribution in [2.24, 2.45) is 5.18 Å². The minimum atomic E-state index is -0.293. The Morgan fingerprint density at radius 1 is 1.23 bits per heavy atom. The van der Waals surface area contributed by atoms with E-state index < -0.39 is 0 Å². The first kappa shape index (κ1) is 17.3. The summed E-state index contributed by atoms with van der Waals surface area (Å²) in [7, 11) is 0. The zero-order chi connectivity index (χ0) is 18.1. The molecule has 0 radical (unpaired) electrons. The summed E-state index contributed by atoms with van der Waals surface area (Å²) in [5.41, 5.74) is 2.81. The predicted molar refractivity (Wildman–Crippen MR) is 100.0 cm³/mol. The number of hydrogen-bond donors (Lipinski definition) is 0. The third-order valence-corrected chi connectivity index (χ3v) is 6.42. The van der Waals surface area contributed by atoms with Crippen LogP contribution in [0.1, 0.15) is 58.1 Å². The lowest BCUT2D eigenvalue weighted by Gasteiger charge is -2.24. The summed E-state index contributed by atoms with van der Waals surface area (Å²) < 4.78 is 13.1. The molecule has 26 heavy (non-hydrogen) atoms. The average molecular weight is 372 g/mol. The number of amides is 1. The third kappa shape index (κ3) is 3.43. The molecule has 0 aliphatic heterocycles. The number of rotatable bonds is 6. The number of fused-ring (bicyclic) bond motifs is 1. The molecule has 1 amide bonds. The minimum absolute atomic E-state index is 0.0682. The molecule has 2 aliphatic carbocycles. The van der Waals surface area contributed by atoms with Gasteiger partial charge in [-0.15, -0.1) is 11.3 Å². The molecule has 1 saturated carbocycles. The van der Waals surface area contributed by atoms with E-state index in [9.17, 15) is 14.1 Å². The summed E-state index contributed by atoms with van der Waals surface area (Å²) in [6.07, 6.45) is 5.33. The van der Waals surface area contributed by atoms with Gasteiger partial charge in [0.25, 0.3) is 5.91 Å². The SMILES string of the molecule is O=NC1CCCc2c(C(=O)N(CCc3ccc(F)cc3)C3CC3)csc21. The molecule has 1 heterocycles. The molecule has 4 nitrogen and oxygen atoms in total. The molecule has 0 saturated heterocycles. The van der Waals surface area contributed by atoms with Crippen molar-refractivity contribution in [1.29, 1.82) is 0 Å². The highest BCUT2D eigenvalue weighted by Crippen LogP contribution is 2.40. The lowest BCUT2D eigenvalue weighted by molar-refractivity contribution is 0.0744. The van der Waals surface area contributed by atoms with E-state index in [1.165, 1.54) is 23.5 Å². The standard InChI is InChI=1S/C20H21FN2O2S/c21-14-6-4-13(5-7-14)10-11-23(15-8-9-15)20(24)17-12-26-19-16(17)2-1-3-18(19)22-25/h4-7,12,15,18H,1-3,8-11H2. The van der Waals surface area contributed by atoms with Crippen LogP contribution in [0.15, 0.2) is 34.8 Å². The molecule has 2 aromatic rings. The van der Waals surface area contributed by atoms with Gasteiger partial charge in [-0.05, 0) is 61.8 Å². The van der Waals surface area contributed by atoms with Crippen LogP contribution in [0.5, 0.6) is 0 Å². The van der Waals surface area contributed by atoms with E-state index in [4.69, 9.17) is 0 Å². The summed E-state index contributed by atoms with van der Waals surface area (Å²) in [6.45, 7) is 0.634. The fourth-order valence-electron chi connectivity index (χ4n) is 3.71. The molecule has 1 aromatic carbocycles. The van der Waals surface area contributed by atoms with Gasteiger partial charge in [0, 0.05) is 22.8 Å². The summed E-state index contributed by atoms with van der Waals surface area (Å²) in [6, 6.07) is 6.48. The van der Waals surface area contributed by atoms with Crippen molar-refractivity contribution in [2.75, 3.05) is 6.54 Å². The van der Waals surface area contributed by atoms with E-state index in [1.54, 1.807) is 12.1 Å². The third-order valence-electron chi connectivity index (χ3n) is 5.29. The molecule has 1 aromatic heterocycles. The zero-order valence-electron chi connectivity index (χ0n) is 14.5. The number of nitroso groups, excluding NO2 is 1. The first-order valence-electron chi connectivity index (χ1n) is 9.15. The van der Waals surface area contributed by atoms with Crippen molar-refractivity contribution >= 4 is 17.2 Å². The van der Waals surface area contributed by atoms with E-state index >= 15 is 0 Å². The lowest BCUT2D eigenvalue weighted by atomic mass is 9.92. The molecule has 1 unspecified atom stereocenters. The molecule has 136 valence electrons. The van der Waals surface area contributed by atoms with Gasteiger partial charge >= 0.3 is 0 Å². The largest absolute Gasteiger partial charge is 0.335 e. The topological polar surface area (TPSA) is 49.7 Å². The van der Waals surface area contributed by atoms with Crippen molar-refractivity contribution < 1.29 is 9.18 Å². The van der Waals surface area contributed by atoms with Gasteiger partial charge in [-0.1, -0.05) is 17.3 Å². The molecule has 4 rings (SSSR count). The Labute approximate surface area is 156 Å². The van der Waals surface area contributed by atoms with E-state index in [1.807, 2.05) is 10.3 Å². The molecule has 0 bridgehead atoms. The molecule has 6 heteroatoms. The van der Waals surface area contributed by atoms with Gasteiger partial charge in [0.05, 0.1) is 5.56 Å². The Kier molecular flexibility index (Phi) is 4.85. The second-order valence-corrected chi connectivity index (χ2v) is 8.02. The summed E-state index contributed by atoms with van der Waals surface area (Å²) >= 11 is 1.50. The van der Waals surface area contributed by atoms with Gasteiger partial charge in [-0.2, -0.15) is 4.91 Å². The summed E-state index contributed by atoms with van der Waals surface area (Å²) in [5.74, 6) is -0.175. The van der Waals surface area contributed by atoms with Crippen LogP contribution in [-0.2, 0) is 12.8 Å². The van der Waals surface area contributed by atoms with Crippen molar-refractivity contribution in [1.82, 2.24) is 4.90 Å². The van der Waals surface area contributed by atoms with Crippen molar-refractivity contribution in [3.8, 4) is 0 Å². The second kappa shape index (κ2) is 7.27. The highest BCUT2D eigenvalue weighted by molar-refractivity contribution is 7.10. The molecule has 1 atom stereocenters. The Morgan fingerprint density at radius 2 is 2.00 bits per heavy atom. The van der Waals surface area contributed by atoms with Gasteiger partial charge in [0.2, 0.25) is 0 Å². The van der Waals surface area contributed by atoms with Crippen LogP contribution in [0, 0.1) is 10.7 Å². The summed E-state index contributed by atoms with van der Waals surface area (Å²) in [5, 5.41) is 5.15. The van der Waals surface area contributed by atoms with Crippen LogP contribution in [0.4, 0.5) is 4.39 Å². The van der Waals surface area contributed by atoms with Gasteiger partial charge in [-0.3, -0.25) is 4.79 Å². The molecule has 2 aliphatic rings. The molecular weight excluding hydrogens is 351 g/mol. The average Bonchev–Trinajstić information content (AvgIpc) is 3.40. The molecule has 0 spiro atoms. The van der Waals surface area contributed by atoms with Gasteiger partial charge in [-0.25, -0.2) is 4.39 Å². The Balaban J connectivity index is 1.52. The first-order chi connectivity index (χ1) is 12.7. The Bertz CT molecular complexity index is 814. The number of benzene rings is 1. The normalized spacial score (nSPS) is 19.0. The summed E-state index contributed by atoms with van der Waals surface area (Å²) in [4.78, 5) is 27.2.